The summed E-state index contributed by atoms with van der Waals surface area (Å²) in [6.07, 6.45) is 0.539. The van der Waals surface area contributed by atoms with Gasteiger partial charge in [-0.15, -0.1) is 0 Å². The highest BCUT2D eigenvalue weighted by molar-refractivity contribution is 9.10. The molecule has 0 saturated heterocycles. The predicted molar refractivity (Wildman–Crippen MR) is 52.9 cm³/mol. The third-order valence-electron chi connectivity index (χ3n) is 1.73. The topological polar surface area (TPSA) is 46.2 Å². The van der Waals surface area contributed by atoms with Crippen LogP contribution in [0.15, 0.2) is 22.7 Å². The fraction of sp³-hybridized carbons (Fsp3) is 0.333. The summed E-state index contributed by atoms with van der Waals surface area (Å²) in [5.41, 5.74) is 6.45. The highest BCUT2D eigenvalue weighted by Gasteiger charge is 2.06. The molecule has 1 atom stereocenters. The van der Waals surface area contributed by atoms with Crippen LogP contribution in [-0.2, 0) is 6.42 Å². The average molecular weight is 248 g/mol. The first-order valence-electron chi connectivity index (χ1n) is 3.94. The Kier molecular flexibility index (Phi) is 3.84. The van der Waals surface area contributed by atoms with Crippen LogP contribution >= 0.6 is 15.9 Å². The lowest BCUT2D eigenvalue weighted by molar-refractivity contribution is 0.265. The van der Waals surface area contributed by atoms with Gasteiger partial charge in [-0.1, -0.05) is 22.0 Å². The van der Waals surface area contributed by atoms with Crippen molar-refractivity contribution >= 4 is 15.9 Å². The number of aliphatic hydroxyl groups excluding tert-OH is 1. The molecule has 0 aliphatic rings. The molecule has 0 aliphatic carbocycles. The van der Waals surface area contributed by atoms with Crippen LogP contribution in [0.5, 0.6) is 0 Å². The molecule has 0 fully saturated rings. The van der Waals surface area contributed by atoms with E-state index in [1.807, 2.05) is 0 Å². The van der Waals surface area contributed by atoms with Gasteiger partial charge < -0.3 is 10.8 Å². The van der Waals surface area contributed by atoms with Crippen molar-refractivity contribution in [2.45, 2.75) is 12.5 Å². The number of hydrogen-bond donors (Lipinski definition) is 2. The van der Waals surface area contributed by atoms with Crippen molar-refractivity contribution in [1.29, 1.82) is 0 Å². The molecule has 2 nitrogen and oxygen atoms in total. The van der Waals surface area contributed by atoms with E-state index in [0.29, 0.717) is 10.9 Å². The second-order valence-electron chi connectivity index (χ2n) is 2.88. The van der Waals surface area contributed by atoms with Crippen molar-refractivity contribution in [3.05, 3.63) is 34.1 Å². The van der Waals surface area contributed by atoms with E-state index in [-0.39, 0.29) is 18.5 Å². The highest BCUT2D eigenvalue weighted by Crippen LogP contribution is 2.18. The van der Waals surface area contributed by atoms with Crippen molar-refractivity contribution in [2.75, 3.05) is 6.61 Å². The molecule has 1 aromatic carbocycles. The number of halogens is 2. The standard InChI is InChI=1S/C9H11BrFNO/c10-9-4-7(11)2-1-6(9)3-8(12)5-13/h1-2,4,8,13H,3,5,12H2. The van der Waals surface area contributed by atoms with Crippen LogP contribution in [0.25, 0.3) is 0 Å². The Balaban J connectivity index is 2.77. The van der Waals surface area contributed by atoms with Gasteiger partial charge in [-0.25, -0.2) is 4.39 Å². The van der Waals surface area contributed by atoms with Crippen LogP contribution in [-0.4, -0.2) is 17.8 Å². The second kappa shape index (κ2) is 4.69. The lowest BCUT2D eigenvalue weighted by Gasteiger charge is -2.09. The van der Waals surface area contributed by atoms with Gasteiger partial charge in [0.05, 0.1) is 6.61 Å². The van der Waals surface area contributed by atoms with E-state index in [1.165, 1.54) is 12.1 Å². The third kappa shape index (κ3) is 3.06. The lowest BCUT2D eigenvalue weighted by Crippen LogP contribution is -2.26. The molecule has 0 bridgehead atoms. The molecule has 0 spiro atoms. The Morgan fingerprint density at radius 3 is 2.77 bits per heavy atom. The molecule has 0 aromatic heterocycles. The van der Waals surface area contributed by atoms with E-state index in [0.717, 1.165) is 5.56 Å². The zero-order valence-electron chi connectivity index (χ0n) is 7.00. The van der Waals surface area contributed by atoms with Gasteiger partial charge in [0, 0.05) is 10.5 Å². The van der Waals surface area contributed by atoms with Gasteiger partial charge in [-0.05, 0) is 24.1 Å². The molecule has 1 rings (SSSR count). The number of aliphatic hydroxyl groups is 1. The molecule has 0 saturated carbocycles. The maximum absolute atomic E-state index is 12.7. The van der Waals surface area contributed by atoms with Gasteiger partial charge in [-0.3, -0.25) is 0 Å². The SMILES string of the molecule is NC(CO)Cc1ccc(F)cc1Br. The van der Waals surface area contributed by atoms with Crippen LogP contribution in [0, 0.1) is 5.82 Å². The number of hydrogen-bond acceptors (Lipinski definition) is 2. The summed E-state index contributed by atoms with van der Waals surface area (Å²) in [5, 5.41) is 8.73. The molecule has 1 unspecified atom stereocenters. The molecular formula is C9H11BrFNO. The summed E-state index contributed by atoms with van der Waals surface area (Å²) < 4.78 is 13.3. The summed E-state index contributed by atoms with van der Waals surface area (Å²) in [6.45, 7) is -0.0657. The van der Waals surface area contributed by atoms with Crippen LogP contribution in [0.2, 0.25) is 0 Å². The second-order valence-corrected chi connectivity index (χ2v) is 3.74. The first-order chi connectivity index (χ1) is 6.13. The highest BCUT2D eigenvalue weighted by atomic mass is 79.9. The average Bonchev–Trinajstić information content (AvgIpc) is 2.09. The van der Waals surface area contributed by atoms with E-state index in [9.17, 15) is 4.39 Å². The van der Waals surface area contributed by atoms with Crippen LogP contribution in [0.4, 0.5) is 4.39 Å². The Hall–Kier alpha value is -0.450. The van der Waals surface area contributed by atoms with Crippen molar-refractivity contribution in [1.82, 2.24) is 0 Å². The lowest BCUT2D eigenvalue weighted by atomic mass is 10.1. The summed E-state index contributed by atoms with van der Waals surface area (Å²) in [6, 6.07) is 4.14. The zero-order valence-corrected chi connectivity index (χ0v) is 8.59. The Morgan fingerprint density at radius 1 is 1.54 bits per heavy atom. The maximum Gasteiger partial charge on any atom is 0.124 e. The van der Waals surface area contributed by atoms with E-state index in [2.05, 4.69) is 15.9 Å². The minimum Gasteiger partial charge on any atom is -0.395 e. The minimum absolute atomic E-state index is 0.0657. The Labute approximate surface area is 84.7 Å². The van der Waals surface area contributed by atoms with E-state index < -0.39 is 0 Å². The Morgan fingerprint density at radius 2 is 2.23 bits per heavy atom. The normalized spacial score (nSPS) is 12.9. The molecule has 0 radical (unpaired) electrons. The van der Waals surface area contributed by atoms with Crippen molar-refractivity contribution in [2.24, 2.45) is 5.73 Å². The molecule has 0 aliphatic heterocycles. The van der Waals surface area contributed by atoms with Crippen LogP contribution in [0.3, 0.4) is 0 Å². The van der Waals surface area contributed by atoms with Crippen molar-refractivity contribution in [3.8, 4) is 0 Å². The zero-order chi connectivity index (χ0) is 9.84. The van der Waals surface area contributed by atoms with Crippen LogP contribution in [0.1, 0.15) is 5.56 Å². The monoisotopic (exact) mass is 247 g/mol. The minimum atomic E-state index is -0.290. The Bertz CT molecular complexity index is 293. The van der Waals surface area contributed by atoms with E-state index >= 15 is 0 Å². The summed E-state index contributed by atoms with van der Waals surface area (Å²) in [4.78, 5) is 0. The molecule has 72 valence electrons. The maximum atomic E-state index is 12.7. The van der Waals surface area contributed by atoms with Gasteiger partial charge in [0.1, 0.15) is 5.82 Å². The van der Waals surface area contributed by atoms with E-state index in [4.69, 9.17) is 10.8 Å². The number of benzene rings is 1. The fourth-order valence-electron chi connectivity index (χ4n) is 1.03. The molecule has 4 heteroatoms. The fourth-order valence-corrected chi connectivity index (χ4v) is 1.55. The molecule has 3 N–H and O–H groups in total. The van der Waals surface area contributed by atoms with Crippen molar-refractivity contribution in [3.63, 3.8) is 0 Å². The smallest absolute Gasteiger partial charge is 0.124 e. The number of nitrogens with two attached hydrogens (primary N) is 1. The molecule has 0 amide bonds. The van der Waals surface area contributed by atoms with Crippen molar-refractivity contribution < 1.29 is 9.50 Å². The van der Waals surface area contributed by atoms with Crippen LogP contribution < -0.4 is 5.73 Å². The van der Waals surface area contributed by atoms with Gasteiger partial charge in [-0.2, -0.15) is 0 Å². The first kappa shape index (κ1) is 10.6. The summed E-state index contributed by atoms with van der Waals surface area (Å²) in [7, 11) is 0. The summed E-state index contributed by atoms with van der Waals surface area (Å²) >= 11 is 3.23. The van der Waals surface area contributed by atoms with Gasteiger partial charge >= 0.3 is 0 Å². The first-order valence-corrected chi connectivity index (χ1v) is 4.73. The molecular weight excluding hydrogens is 237 g/mol. The third-order valence-corrected chi connectivity index (χ3v) is 2.47. The largest absolute Gasteiger partial charge is 0.395 e. The molecule has 0 heterocycles. The summed E-state index contributed by atoms with van der Waals surface area (Å²) in [5.74, 6) is -0.284. The molecule has 1 aromatic rings. The van der Waals surface area contributed by atoms with Gasteiger partial charge in [0.2, 0.25) is 0 Å². The van der Waals surface area contributed by atoms with E-state index in [1.54, 1.807) is 6.07 Å². The van der Waals surface area contributed by atoms with Gasteiger partial charge in [0.25, 0.3) is 0 Å². The quantitative estimate of drug-likeness (QED) is 0.850. The number of rotatable bonds is 3. The predicted octanol–water partition coefficient (Wildman–Crippen LogP) is 1.45. The van der Waals surface area contributed by atoms with Gasteiger partial charge in [0.15, 0.2) is 0 Å². The molecule has 13 heavy (non-hydrogen) atoms.